The van der Waals surface area contributed by atoms with Crippen molar-refractivity contribution in [2.24, 2.45) is 18.9 Å². The van der Waals surface area contributed by atoms with Gasteiger partial charge in [0.15, 0.2) is 0 Å². The fourth-order valence-corrected chi connectivity index (χ4v) is 6.43. The maximum absolute atomic E-state index is 14.1. The second-order valence-electron chi connectivity index (χ2n) is 10.6. The van der Waals surface area contributed by atoms with Crippen LogP contribution in [0.1, 0.15) is 44.0 Å². The Hall–Kier alpha value is -3.20. The number of halogens is 3. The van der Waals surface area contributed by atoms with Crippen LogP contribution in [0, 0.1) is 11.8 Å². The Balaban J connectivity index is 1.39. The zero-order valence-electron chi connectivity index (χ0n) is 20.2. The van der Waals surface area contributed by atoms with Gasteiger partial charge in [-0.05, 0) is 73.1 Å². The summed E-state index contributed by atoms with van der Waals surface area (Å²) in [6.45, 7) is 2.95. The van der Waals surface area contributed by atoms with Gasteiger partial charge >= 0.3 is 6.18 Å². The van der Waals surface area contributed by atoms with E-state index >= 15 is 0 Å². The minimum absolute atomic E-state index is 0.0138. The molecule has 2 aliphatic carbocycles. The number of nitrogens with one attached hydrogen (secondary N) is 1. The predicted molar refractivity (Wildman–Crippen MR) is 129 cm³/mol. The van der Waals surface area contributed by atoms with E-state index in [-0.39, 0.29) is 22.9 Å². The number of anilines is 1. The molecule has 6 nitrogen and oxygen atoms in total. The van der Waals surface area contributed by atoms with Gasteiger partial charge in [0, 0.05) is 25.0 Å². The SMILES string of the molecule is CC1CC(c2cccc(N3C=C4C(C(F)(F)F)=CC([C@@H]5CCCN5)=C[C@@H]4C3=O)c2)(c2nncn2C)C1. The third-order valence-electron chi connectivity index (χ3n) is 8.07. The highest BCUT2D eigenvalue weighted by molar-refractivity contribution is 6.04. The van der Waals surface area contributed by atoms with E-state index in [9.17, 15) is 18.0 Å². The zero-order chi connectivity index (χ0) is 25.2. The van der Waals surface area contributed by atoms with Crippen LogP contribution in [-0.4, -0.2) is 39.4 Å². The number of hydrogen-bond acceptors (Lipinski definition) is 4. The Morgan fingerprint density at radius 2 is 2.03 bits per heavy atom. The normalized spacial score (nSPS) is 30.0. The van der Waals surface area contributed by atoms with Gasteiger partial charge in [0.25, 0.3) is 0 Å². The van der Waals surface area contributed by atoms with Crippen molar-refractivity contribution in [2.45, 2.75) is 50.2 Å². The first-order valence-corrected chi connectivity index (χ1v) is 12.4. The van der Waals surface area contributed by atoms with Gasteiger partial charge in [-0.2, -0.15) is 13.2 Å². The number of fused-ring (bicyclic) bond motifs is 1. The number of hydrogen-bond donors (Lipinski definition) is 1. The number of nitrogens with zero attached hydrogens (tertiary/aromatic N) is 4. The summed E-state index contributed by atoms with van der Waals surface area (Å²) in [6.07, 6.45) is 4.89. The molecular weight excluding hydrogens is 467 g/mol. The summed E-state index contributed by atoms with van der Waals surface area (Å²) < 4.78 is 44.2. The number of aryl methyl sites for hydroxylation is 1. The number of amides is 1. The summed E-state index contributed by atoms with van der Waals surface area (Å²) >= 11 is 0. The molecule has 9 heteroatoms. The van der Waals surface area contributed by atoms with E-state index in [1.165, 1.54) is 17.2 Å². The van der Waals surface area contributed by atoms with Crippen molar-refractivity contribution in [3.8, 4) is 0 Å². The van der Waals surface area contributed by atoms with Crippen molar-refractivity contribution < 1.29 is 18.0 Å². The van der Waals surface area contributed by atoms with Crippen LogP contribution in [0.2, 0.25) is 0 Å². The highest BCUT2D eigenvalue weighted by Gasteiger charge is 2.49. The molecule has 188 valence electrons. The molecule has 1 amide bonds. The van der Waals surface area contributed by atoms with Crippen molar-refractivity contribution in [1.29, 1.82) is 0 Å². The largest absolute Gasteiger partial charge is 0.416 e. The molecule has 2 aliphatic heterocycles. The molecule has 1 N–H and O–H groups in total. The lowest BCUT2D eigenvalue weighted by Gasteiger charge is -2.46. The summed E-state index contributed by atoms with van der Waals surface area (Å²) in [5.74, 6) is 0.0683. The highest BCUT2D eigenvalue weighted by Crippen LogP contribution is 2.52. The Bertz CT molecular complexity index is 1310. The molecule has 2 fully saturated rings. The van der Waals surface area contributed by atoms with Gasteiger partial charge in [-0.25, -0.2) is 0 Å². The highest BCUT2D eigenvalue weighted by atomic mass is 19.4. The Morgan fingerprint density at radius 3 is 2.67 bits per heavy atom. The Kier molecular flexibility index (Phi) is 5.26. The van der Waals surface area contributed by atoms with E-state index < -0.39 is 17.7 Å². The number of benzene rings is 1. The van der Waals surface area contributed by atoms with Crippen molar-refractivity contribution in [3.63, 3.8) is 0 Å². The van der Waals surface area contributed by atoms with Gasteiger partial charge in [-0.15, -0.1) is 10.2 Å². The molecular formula is C27H28F3N5O. The molecule has 2 atom stereocenters. The van der Waals surface area contributed by atoms with E-state index in [0.717, 1.165) is 43.6 Å². The first-order valence-electron chi connectivity index (χ1n) is 12.4. The van der Waals surface area contributed by atoms with E-state index in [2.05, 4.69) is 22.4 Å². The maximum Gasteiger partial charge on any atom is 0.416 e. The first kappa shape index (κ1) is 23.2. The number of carbonyl (C=O) groups is 1. The lowest BCUT2D eigenvalue weighted by atomic mass is 9.58. The molecule has 1 saturated heterocycles. The predicted octanol–water partition coefficient (Wildman–Crippen LogP) is 4.56. The van der Waals surface area contributed by atoms with Crippen molar-refractivity contribution in [3.05, 3.63) is 77.1 Å². The standard InChI is InChI=1S/C27H28F3N5O/c1-16-12-26(13-16,25-33-32-15-34(25)2)18-5-3-6-19(11-18)35-14-21-20(24(35)36)9-17(23-7-4-8-31-23)10-22(21)27(28,29)30/h3,5-6,9-11,14-16,20,23,31H,4,7-8,12-13H2,1-2H3/t16?,20-,23-,26?/m0/s1. The third-order valence-corrected chi connectivity index (χ3v) is 8.07. The molecule has 1 saturated carbocycles. The van der Waals surface area contributed by atoms with Crippen LogP contribution in [0.5, 0.6) is 0 Å². The average molecular weight is 496 g/mol. The molecule has 36 heavy (non-hydrogen) atoms. The number of alkyl halides is 3. The van der Waals surface area contributed by atoms with E-state index in [4.69, 9.17) is 0 Å². The topological polar surface area (TPSA) is 63.1 Å². The van der Waals surface area contributed by atoms with Gasteiger partial charge in [-0.1, -0.05) is 25.1 Å². The van der Waals surface area contributed by atoms with Gasteiger partial charge in [0.05, 0.1) is 16.9 Å². The van der Waals surface area contributed by atoms with Crippen LogP contribution >= 0.6 is 0 Å². The molecule has 2 aromatic rings. The number of rotatable bonds is 4. The zero-order valence-corrected chi connectivity index (χ0v) is 20.2. The smallest absolute Gasteiger partial charge is 0.320 e. The maximum atomic E-state index is 14.1. The quantitative estimate of drug-likeness (QED) is 0.676. The second-order valence-corrected chi connectivity index (χ2v) is 10.6. The lowest BCUT2D eigenvalue weighted by molar-refractivity contribution is -0.119. The molecule has 6 rings (SSSR count). The van der Waals surface area contributed by atoms with Gasteiger partial charge in [-0.3, -0.25) is 9.69 Å². The lowest BCUT2D eigenvalue weighted by Crippen LogP contribution is -2.43. The first-order chi connectivity index (χ1) is 17.2. The van der Waals surface area contributed by atoms with Crippen LogP contribution < -0.4 is 10.2 Å². The van der Waals surface area contributed by atoms with Crippen LogP contribution in [0.15, 0.2) is 65.7 Å². The fraction of sp³-hybridized carbons (Fsp3) is 0.444. The van der Waals surface area contributed by atoms with Crippen molar-refractivity contribution in [1.82, 2.24) is 20.1 Å². The fourth-order valence-electron chi connectivity index (χ4n) is 6.43. The van der Waals surface area contributed by atoms with E-state index in [0.29, 0.717) is 17.2 Å². The summed E-state index contributed by atoms with van der Waals surface area (Å²) in [6, 6.07) is 7.43. The molecule has 0 bridgehead atoms. The summed E-state index contributed by atoms with van der Waals surface area (Å²) in [4.78, 5) is 14.9. The molecule has 3 heterocycles. The summed E-state index contributed by atoms with van der Waals surface area (Å²) in [7, 11) is 1.91. The average Bonchev–Trinajstić information content (AvgIpc) is 3.57. The van der Waals surface area contributed by atoms with Crippen LogP contribution in [0.25, 0.3) is 0 Å². The Labute approximate surface area is 207 Å². The van der Waals surface area contributed by atoms with Crippen molar-refractivity contribution in [2.75, 3.05) is 11.4 Å². The summed E-state index contributed by atoms with van der Waals surface area (Å²) in [5.41, 5.74) is 1.07. The number of aromatic nitrogens is 3. The molecule has 1 aromatic heterocycles. The molecule has 1 aromatic carbocycles. The van der Waals surface area contributed by atoms with Gasteiger partial charge in [0.2, 0.25) is 5.91 Å². The molecule has 0 radical (unpaired) electrons. The Morgan fingerprint density at radius 1 is 1.22 bits per heavy atom. The second kappa shape index (κ2) is 8.16. The van der Waals surface area contributed by atoms with E-state index in [1.54, 1.807) is 18.5 Å². The number of carbonyl (C=O) groups excluding carboxylic acids is 1. The van der Waals surface area contributed by atoms with Gasteiger partial charge in [0.1, 0.15) is 12.2 Å². The molecule has 4 aliphatic rings. The third kappa shape index (κ3) is 3.55. The monoisotopic (exact) mass is 495 g/mol. The van der Waals surface area contributed by atoms with Crippen molar-refractivity contribution >= 4 is 11.6 Å². The van der Waals surface area contributed by atoms with Gasteiger partial charge < -0.3 is 9.88 Å². The minimum Gasteiger partial charge on any atom is -0.320 e. The summed E-state index contributed by atoms with van der Waals surface area (Å²) in [5, 5.41) is 11.7. The van der Waals surface area contributed by atoms with Crippen LogP contribution in [-0.2, 0) is 17.3 Å². The molecule has 0 unspecified atom stereocenters. The van der Waals surface area contributed by atoms with Crippen LogP contribution in [0.4, 0.5) is 18.9 Å². The number of allylic oxidation sites excluding steroid dienone is 1. The minimum atomic E-state index is -4.54. The van der Waals surface area contributed by atoms with Crippen LogP contribution in [0.3, 0.4) is 0 Å². The molecule has 0 spiro atoms. The van der Waals surface area contributed by atoms with E-state index in [1.807, 2.05) is 29.8 Å².